The molecule has 0 aliphatic rings. The molecular formula is C14H24ClNO2Si. The normalized spacial score (nSPS) is 16.2. The minimum absolute atomic E-state index is 0.124. The lowest BCUT2D eigenvalue weighted by molar-refractivity contribution is 0.00255. The van der Waals surface area contributed by atoms with Crippen LogP contribution in [0.15, 0.2) is 18.3 Å². The van der Waals surface area contributed by atoms with Crippen LogP contribution in [0.3, 0.4) is 0 Å². The van der Waals surface area contributed by atoms with Crippen LogP contribution in [-0.2, 0) is 10.0 Å². The number of nitrogens with zero attached hydrogens (tertiary/aromatic N) is 1. The van der Waals surface area contributed by atoms with Gasteiger partial charge in [0.05, 0.1) is 6.61 Å². The second-order valence-electron chi connectivity index (χ2n) is 6.69. The van der Waals surface area contributed by atoms with Crippen LogP contribution >= 0.6 is 11.6 Å². The molecule has 1 N–H and O–H groups in total. The Labute approximate surface area is 122 Å². The summed E-state index contributed by atoms with van der Waals surface area (Å²) in [7, 11) is -1.87. The van der Waals surface area contributed by atoms with Gasteiger partial charge < -0.3 is 9.53 Å². The first-order chi connectivity index (χ1) is 8.46. The quantitative estimate of drug-likeness (QED) is 0.676. The minimum Gasteiger partial charge on any atom is -0.414 e. The second-order valence-corrected chi connectivity index (χ2v) is 11.9. The Morgan fingerprint density at radius 3 is 2.37 bits per heavy atom. The van der Waals surface area contributed by atoms with Gasteiger partial charge in [0.25, 0.3) is 0 Å². The van der Waals surface area contributed by atoms with Crippen molar-refractivity contribution in [1.29, 1.82) is 0 Å². The van der Waals surface area contributed by atoms with Crippen molar-refractivity contribution in [3.8, 4) is 0 Å². The van der Waals surface area contributed by atoms with Crippen molar-refractivity contribution in [2.24, 2.45) is 0 Å². The van der Waals surface area contributed by atoms with E-state index < -0.39 is 13.9 Å². The molecule has 0 bridgehead atoms. The smallest absolute Gasteiger partial charge is 0.192 e. The molecule has 1 heterocycles. The van der Waals surface area contributed by atoms with E-state index in [9.17, 15) is 5.11 Å². The number of rotatable bonds is 4. The van der Waals surface area contributed by atoms with E-state index in [2.05, 4.69) is 38.8 Å². The van der Waals surface area contributed by atoms with Gasteiger partial charge in [-0.3, -0.25) is 0 Å². The molecule has 3 nitrogen and oxygen atoms in total. The van der Waals surface area contributed by atoms with Crippen molar-refractivity contribution in [3.63, 3.8) is 0 Å². The summed E-state index contributed by atoms with van der Waals surface area (Å²) in [5, 5.41) is 11.1. The van der Waals surface area contributed by atoms with Gasteiger partial charge in [0.15, 0.2) is 8.32 Å². The largest absolute Gasteiger partial charge is 0.414 e. The monoisotopic (exact) mass is 301 g/mol. The summed E-state index contributed by atoms with van der Waals surface area (Å²) < 4.78 is 6.08. The van der Waals surface area contributed by atoms with Crippen LogP contribution in [0.2, 0.25) is 23.3 Å². The topological polar surface area (TPSA) is 42.4 Å². The highest BCUT2D eigenvalue weighted by Gasteiger charge is 2.39. The van der Waals surface area contributed by atoms with Gasteiger partial charge >= 0.3 is 0 Å². The molecule has 0 saturated carbocycles. The van der Waals surface area contributed by atoms with Crippen LogP contribution in [0, 0.1) is 0 Å². The molecule has 0 aliphatic heterocycles. The summed E-state index contributed by atoms with van der Waals surface area (Å²) in [4.78, 5) is 3.92. The molecule has 0 aromatic carbocycles. The molecule has 19 heavy (non-hydrogen) atoms. The van der Waals surface area contributed by atoms with E-state index in [1.54, 1.807) is 25.3 Å². The van der Waals surface area contributed by atoms with E-state index in [-0.39, 0.29) is 11.6 Å². The van der Waals surface area contributed by atoms with Gasteiger partial charge in [0, 0.05) is 6.20 Å². The molecule has 1 aromatic rings. The Bertz CT molecular complexity index is 441. The highest BCUT2D eigenvalue weighted by atomic mass is 35.5. The van der Waals surface area contributed by atoms with Crippen LogP contribution in [0.5, 0.6) is 0 Å². The van der Waals surface area contributed by atoms with Gasteiger partial charge in [0.2, 0.25) is 0 Å². The number of pyridine rings is 1. The molecule has 108 valence electrons. The predicted octanol–water partition coefficient (Wildman–Crippen LogP) is 3.96. The number of hydrogen-bond acceptors (Lipinski definition) is 3. The van der Waals surface area contributed by atoms with Gasteiger partial charge in [-0.2, -0.15) is 0 Å². The number of halogens is 1. The van der Waals surface area contributed by atoms with Gasteiger partial charge in [-0.1, -0.05) is 32.4 Å². The van der Waals surface area contributed by atoms with Crippen LogP contribution in [-0.4, -0.2) is 25.0 Å². The zero-order valence-corrected chi connectivity index (χ0v) is 14.4. The molecule has 0 aliphatic carbocycles. The molecule has 1 rings (SSSR count). The minimum atomic E-state index is -1.87. The van der Waals surface area contributed by atoms with Crippen molar-refractivity contribution in [1.82, 2.24) is 4.98 Å². The van der Waals surface area contributed by atoms with Crippen LogP contribution < -0.4 is 0 Å². The molecule has 0 saturated heterocycles. The maximum Gasteiger partial charge on any atom is 0.192 e. The third kappa shape index (κ3) is 4.28. The first-order valence-electron chi connectivity index (χ1n) is 6.44. The number of aromatic nitrogens is 1. The van der Waals surface area contributed by atoms with Gasteiger partial charge in [-0.25, -0.2) is 4.98 Å². The molecule has 0 unspecified atom stereocenters. The lowest BCUT2D eigenvalue weighted by atomic mass is 9.99. The summed E-state index contributed by atoms with van der Waals surface area (Å²) in [6.45, 7) is 12.9. The van der Waals surface area contributed by atoms with E-state index >= 15 is 0 Å². The van der Waals surface area contributed by atoms with Gasteiger partial charge in [-0.05, 0) is 42.8 Å². The van der Waals surface area contributed by atoms with Crippen molar-refractivity contribution in [2.75, 3.05) is 6.61 Å². The second kappa shape index (κ2) is 5.52. The fraction of sp³-hybridized carbons (Fsp3) is 0.643. The van der Waals surface area contributed by atoms with E-state index in [1.807, 2.05) is 0 Å². The summed E-state index contributed by atoms with van der Waals surface area (Å²) in [5.41, 5.74) is -0.326. The summed E-state index contributed by atoms with van der Waals surface area (Å²) >= 11 is 5.86. The lowest BCUT2D eigenvalue weighted by Gasteiger charge is -2.38. The Morgan fingerprint density at radius 1 is 1.32 bits per heavy atom. The highest BCUT2D eigenvalue weighted by Crippen LogP contribution is 2.37. The SMILES string of the molecule is CC(C)(C)[Si](C)(C)OC[C@](C)(O)c1ccnc(Cl)c1. The average molecular weight is 302 g/mol. The Balaban J connectivity index is 2.82. The van der Waals surface area contributed by atoms with Gasteiger partial charge in [-0.15, -0.1) is 0 Å². The predicted molar refractivity (Wildman–Crippen MR) is 82.0 cm³/mol. The summed E-state index contributed by atoms with van der Waals surface area (Å²) in [6, 6.07) is 3.44. The molecular weight excluding hydrogens is 278 g/mol. The first-order valence-corrected chi connectivity index (χ1v) is 9.73. The van der Waals surface area contributed by atoms with Crippen LogP contribution in [0.25, 0.3) is 0 Å². The zero-order valence-electron chi connectivity index (χ0n) is 12.6. The molecule has 0 amide bonds. The molecule has 5 heteroatoms. The Kier molecular flexibility index (Phi) is 4.83. The maximum absolute atomic E-state index is 10.6. The van der Waals surface area contributed by atoms with Crippen LogP contribution in [0.1, 0.15) is 33.3 Å². The zero-order chi connectivity index (χ0) is 14.9. The van der Waals surface area contributed by atoms with Crippen molar-refractivity contribution in [2.45, 2.75) is 51.4 Å². The molecule has 0 spiro atoms. The van der Waals surface area contributed by atoms with E-state index in [1.165, 1.54) is 0 Å². The molecule has 0 radical (unpaired) electrons. The third-order valence-electron chi connectivity index (χ3n) is 3.87. The summed E-state index contributed by atoms with van der Waals surface area (Å²) in [6.07, 6.45) is 1.60. The van der Waals surface area contributed by atoms with E-state index in [0.29, 0.717) is 5.15 Å². The van der Waals surface area contributed by atoms with Crippen molar-refractivity contribution in [3.05, 3.63) is 29.0 Å². The lowest BCUT2D eigenvalue weighted by Crippen LogP contribution is -2.44. The van der Waals surface area contributed by atoms with E-state index in [0.717, 1.165) is 5.56 Å². The number of hydrogen-bond donors (Lipinski definition) is 1. The highest BCUT2D eigenvalue weighted by molar-refractivity contribution is 6.74. The van der Waals surface area contributed by atoms with Crippen molar-refractivity contribution < 1.29 is 9.53 Å². The standard InChI is InChI=1S/C14H24ClNO2Si/c1-13(2,3)19(5,6)18-10-14(4,17)11-7-8-16-12(15)9-11/h7-9,17H,10H2,1-6H3/t14-/m0/s1. The maximum atomic E-state index is 10.6. The Hall–Kier alpha value is -0.423. The van der Waals surface area contributed by atoms with Crippen molar-refractivity contribution >= 4 is 19.9 Å². The van der Waals surface area contributed by atoms with Gasteiger partial charge in [0.1, 0.15) is 10.8 Å². The molecule has 0 fully saturated rings. The molecule has 1 aromatic heterocycles. The first kappa shape index (κ1) is 16.6. The number of aliphatic hydroxyl groups is 1. The fourth-order valence-corrected chi connectivity index (χ4v) is 2.61. The van der Waals surface area contributed by atoms with Crippen LogP contribution in [0.4, 0.5) is 0 Å². The summed E-state index contributed by atoms with van der Waals surface area (Å²) in [5.74, 6) is 0. The fourth-order valence-electron chi connectivity index (χ4n) is 1.36. The van der Waals surface area contributed by atoms with E-state index in [4.69, 9.17) is 16.0 Å². The Morgan fingerprint density at radius 2 is 1.89 bits per heavy atom. The third-order valence-corrected chi connectivity index (χ3v) is 8.55. The average Bonchev–Trinajstić information content (AvgIpc) is 2.25. The molecule has 1 atom stereocenters.